The van der Waals surface area contributed by atoms with E-state index >= 15 is 0 Å². The van der Waals surface area contributed by atoms with Crippen LogP contribution >= 0.6 is 0 Å². The maximum Gasteiger partial charge on any atom is 0.408 e. The zero-order chi connectivity index (χ0) is 17.6. The van der Waals surface area contributed by atoms with Gasteiger partial charge in [-0.2, -0.15) is 0 Å². The van der Waals surface area contributed by atoms with Crippen LogP contribution < -0.4 is 10.6 Å². The molecule has 0 aromatic carbocycles. The molecule has 2 atom stereocenters. The van der Waals surface area contributed by atoms with Gasteiger partial charge in [-0.15, -0.1) is 0 Å². The Morgan fingerprint density at radius 3 is 2.05 bits per heavy atom. The van der Waals surface area contributed by atoms with Gasteiger partial charge in [-0.3, -0.25) is 5.32 Å². The Bertz CT molecular complexity index is 373. The van der Waals surface area contributed by atoms with Crippen LogP contribution in [0.2, 0.25) is 0 Å². The lowest BCUT2D eigenvalue weighted by Gasteiger charge is -2.26. The molecule has 130 valence electrons. The summed E-state index contributed by atoms with van der Waals surface area (Å²) in [6.45, 7) is 10.4. The molecule has 0 aliphatic carbocycles. The number of esters is 1. The number of carbonyl (C=O) groups excluding carboxylic acids is 2. The minimum absolute atomic E-state index is 0.0802. The van der Waals surface area contributed by atoms with E-state index in [1.165, 1.54) is 7.11 Å². The van der Waals surface area contributed by atoms with Gasteiger partial charge in [-0.25, -0.2) is 9.59 Å². The molecule has 1 amide bonds. The average molecular weight is 320 g/mol. The van der Waals surface area contributed by atoms with Crippen LogP contribution in [-0.2, 0) is 19.0 Å². The molecule has 8 nitrogen and oxygen atoms in total. The molecule has 0 aliphatic rings. The zero-order valence-corrected chi connectivity index (χ0v) is 14.4. The predicted molar refractivity (Wildman–Crippen MR) is 80.0 cm³/mol. The van der Waals surface area contributed by atoms with Crippen molar-refractivity contribution in [2.75, 3.05) is 13.7 Å². The standard InChI is InChI=1S/C14H28N2O6/c1-13(2,3)21-11(18)15-8-9(10(17)20-7)16-12(19)22-14(4,5)6/h9,11,15,18H,8H2,1-7H3,(H,16,19)/t9-,11+/m0/s1. The Labute approximate surface area is 131 Å². The summed E-state index contributed by atoms with van der Waals surface area (Å²) in [5, 5.41) is 14.6. The SMILES string of the molecule is COC(=O)[C@H](CN[C@H](O)OC(C)(C)C)NC(=O)OC(C)(C)C. The highest BCUT2D eigenvalue weighted by Crippen LogP contribution is 2.08. The third kappa shape index (κ3) is 10.4. The highest BCUT2D eigenvalue weighted by Gasteiger charge is 2.26. The highest BCUT2D eigenvalue weighted by atomic mass is 16.6. The van der Waals surface area contributed by atoms with Gasteiger partial charge in [0.15, 0.2) is 0 Å². The first-order valence-corrected chi connectivity index (χ1v) is 7.00. The Morgan fingerprint density at radius 2 is 1.64 bits per heavy atom. The predicted octanol–water partition coefficient (Wildman–Crippen LogP) is 0.733. The molecule has 0 aliphatic heterocycles. The molecular weight excluding hydrogens is 292 g/mol. The number of carbonyl (C=O) groups is 2. The van der Waals surface area contributed by atoms with Gasteiger partial charge in [0.05, 0.1) is 12.7 Å². The summed E-state index contributed by atoms with van der Waals surface area (Å²) in [4.78, 5) is 23.4. The molecule has 0 bridgehead atoms. The van der Waals surface area contributed by atoms with Crippen LogP contribution in [0.4, 0.5) is 4.79 Å². The normalized spacial score (nSPS) is 14.9. The first-order valence-electron chi connectivity index (χ1n) is 7.00. The summed E-state index contributed by atoms with van der Waals surface area (Å²) in [5.41, 5.74) is -1.25. The summed E-state index contributed by atoms with van der Waals surface area (Å²) < 4.78 is 14.9. The van der Waals surface area contributed by atoms with E-state index in [2.05, 4.69) is 15.4 Å². The van der Waals surface area contributed by atoms with Crippen molar-refractivity contribution in [2.45, 2.75) is 65.2 Å². The van der Waals surface area contributed by atoms with Crippen molar-refractivity contribution in [1.29, 1.82) is 0 Å². The van der Waals surface area contributed by atoms with E-state index in [1.54, 1.807) is 41.5 Å². The van der Waals surface area contributed by atoms with E-state index < -0.39 is 35.7 Å². The third-order valence-corrected chi connectivity index (χ3v) is 2.14. The molecule has 22 heavy (non-hydrogen) atoms. The van der Waals surface area contributed by atoms with Crippen LogP contribution in [0.3, 0.4) is 0 Å². The lowest BCUT2D eigenvalue weighted by atomic mass is 10.2. The van der Waals surface area contributed by atoms with Crippen LogP contribution in [0.1, 0.15) is 41.5 Å². The van der Waals surface area contributed by atoms with Crippen molar-refractivity contribution in [3.8, 4) is 0 Å². The van der Waals surface area contributed by atoms with E-state index in [4.69, 9.17) is 9.47 Å². The van der Waals surface area contributed by atoms with E-state index in [1.807, 2.05) is 0 Å². The highest BCUT2D eigenvalue weighted by molar-refractivity contribution is 5.81. The van der Waals surface area contributed by atoms with Gasteiger partial charge >= 0.3 is 12.1 Å². The summed E-state index contributed by atoms with van der Waals surface area (Å²) in [6.07, 6.45) is -2.04. The molecule has 3 N–H and O–H groups in total. The smallest absolute Gasteiger partial charge is 0.408 e. The molecule has 0 unspecified atom stereocenters. The number of methoxy groups -OCH3 is 1. The Balaban J connectivity index is 4.54. The van der Waals surface area contributed by atoms with Gasteiger partial charge in [0.1, 0.15) is 11.6 Å². The van der Waals surface area contributed by atoms with E-state index in [0.717, 1.165) is 0 Å². The van der Waals surface area contributed by atoms with Gasteiger partial charge in [-0.1, -0.05) is 0 Å². The first-order chi connectivity index (χ1) is 9.84. The summed E-state index contributed by atoms with van der Waals surface area (Å²) in [7, 11) is 1.20. The quantitative estimate of drug-likeness (QED) is 0.489. The number of hydrogen-bond donors (Lipinski definition) is 3. The number of aliphatic hydroxyl groups excluding tert-OH is 1. The fourth-order valence-corrected chi connectivity index (χ4v) is 1.38. The van der Waals surface area contributed by atoms with E-state index in [0.29, 0.717) is 0 Å². The van der Waals surface area contributed by atoms with E-state index in [-0.39, 0.29) is 6.54 Å². The lowest BCUT2D eigenvalue weighted by molar-refractivity contribution is -0.182. The molecule has 0 radical (unpaired) electrons. The van der Waals surface area contributed by atoms with Gasteiger partial charge in [0, 0.05) is 6.54 Å². The second kappa shape index (κ2) is 8.30. The van der Waals surface area contributed by atoms with Crippen LogP contribution in [0.5, 0.6) is 0 Å². The first kappa shape index (κ1) is 20.6. The van der Waals surface area contributed by atoms with Gasteiger partial charge in [0.25, 0.3) is 0 Å². The lowest BCUT2D eigenvalue weighted by Crippen LogP contribution is -2.52. The minimum atomic E-state index is -1.28. The van der Waals surface area contributed by atoms with Gasteiger partial charge in [0.2, 0.25) is 6.41 Å². The van der Waals surface area contributed by atoms with Crippen molar-refractivity contribution in [3.63, 3.8) is 0 Å². The number of ether oxygens (including phenoxy) is 3. The number of amides is 1. The molecular formula is C14H28N2O6. The summed E-state index contributed by atoms with van der Waals surface area (Å²) >= 11 is 0. The average Bonchev–Trinajstić information content (AvgIpc) is 2.28. The van der Waals surface area contributed by atoms with Crippen molar-refractivity contribution in [2.24, 2.45) is 0 Å². The summed E-state index contributed by atoms with van der Waals surface area (Å²) in [5.74, 6) is -0.665. The monoisotopic (exact) mass is 320 g/mol. The molecule has 0 heterocycles. The Morgan fingerprint density at radius 1 is 1.09 bits per heavy atom. The maximum atomic E-state index is 11.7. The van der Waals surface area contributed by atoms with E-state index in [9.17, 15) is 14.7 Å². The molecule has 0 saturated heterocycles. The fourth-order valence-electron chi connectivity index (χ4n) is 1.38. The third-order valence-electron chi connectivity index (χ3n) is 2.14. The maximum absolute atomic E-state index is 11.7. The van der Waals surface area contributed by atoms with Crippen LogP contribution in [-0.4, -0.2) is 54.5 Å². The number of nitrogens with one attached hydrogen (secondary N) is 2. The topological polar surface area (TPSA) is 106 Å². The van der Waals surface area contributed by atoms with Crippen LogP contribution in [0.15, 0.2) is 0 Å². The molecule has 8 heteroatoms. The van der Waals surface area contributed by atoms with Crippen molar-refractivity contribution >= 4 is 12.1 Å². The molecule has 0 aromatic heterocycles. The van der Waals surface area contributed by atoms with Gasteiger partial charge in [-0.05, 0) is 41.5 Å². The van der Waals surface area contributed by atoms with Crippen molar-refractivity contribution in [1.82, 2.24) is 10.6 Å². The largest absolute Gasteiger partial charge is 0.467 e. The molecule has 0 aromatic rings. The number of aliphatic hydroxyl groups is 1. The molecule has 0 fully saturated rings. The Hall–Kier alpha value is -1.38. The second-order valence-electron chi connectivity index (χ2n) is 6.71. The number of alkyl carbamates (subject to hydrolysis) is 1. The molecule has 0 saturated carbocycles. The van der Waals surface area contributed by atoms with Crippen molar-refractivity contribution < 1.29 is 28.9 Å². The number of hydrogen-bond acceptors (Lipinski definition) is 7. The zero-order valence-electron chi connectivity index (χ0n) is 14.4. The van der Waals surface area contributed by atoms with Gasteiger partial charge < -0.3 is 24.6 Å². The minimum Gasteiger partial charge on any atom is -0.467 e. The van der Waals surface area contributed by atoms with Crippen LogP contribution in [0, 0.1) is 0 Å². The van der Waals surface area contributed by atoms with Crippen LogP contribution in [0.25, 0.3) is 0 Å². The fraction of sp³-hybridized carbons (Fsp3) is 0.857. The molecule has 0 spiro atoms. The summed E-state index contributed by atoms with van der Waals surface area (Å²) in [6, 6.07) is -1.02. The van der Waals surface area contributed by atoms with Crippen molar-refractivity contribution in [3.05, 3.63) is 0 Å². The molecule has 0 rings (SSSR count). The number of rotatable bonds is 6. The second-order valence-corrected chi connectivity index (χ2v) is 6.71. The Kier molecular flexibility index (Phi) is 7.78.